The Morgan fingerprint density at radius 2 is 1.58 bits per heavy atom. The van der Waals surface area contributed by atoms with Crippen molar-refractivity contribution in [1.82, 2.24) is 0 Å². The monoisotopic (exact) mass is 422 g/mol. The number of hydrogen-bond acceptors (Lipinski definition) is 3. The van der Waals surface area contributed by atoms with Gasteiger partial charge in [0.2, 0.25) is 0 Å². The van der Waals surface area contributed by atoms with E-state index in [0.717, 1.165) is 17.5 Å². The Morgan fingerprint density at radius 3 is 2.16 bits per heavy atom. The lowest BCUT2D eigenvalue weighted by Crippen LogP contribution is -2.08. The van der Waals surface area contributed by atoms with Crippen molar-refractivity contribution in [2.45, 2.75) is 66.2 Å². The second-order valence-electron chi connectivity index (χ2n) is 8.06. The molecule has 0 amide bonds. The Kier molecular flexibility index (Phi) is 9.04. The molecule has 2 aromatic carbocycles. The molecule has 4 nitrogen and oxygen atoms in total. The van der Waals surface area contributed by atoms with Gasteiger partial charge in [-0.25, -0.2) is 4.79 Å². The summed E-state index contributed by atoms with van der Waals surface area (Å²) in [5, 5.41) is 9.54. The van der Waals surface area contributed by atoms with Crippen molar-refractivity contribution in [3.05, 3.63) is 69.3 Å². The Hall–Kier alpha value is -2.88. The number of aryl methyl sites for hydroxylation is 1. The van der Waals surface area contributed by atoms with Crippen molar-refractivity contribution in [2.24, 2.45) is 0 Å². The van der Waals surface area contributed by atoms with Crippen LogP contribution >= 0.6 is 0 Å². The molecular formula is C27H34O4. The predicted molar refractivity (Wildman–Crippen MR) is 126 cm³/mol. The van der Waals surface area contributed by atoms with E-state index in [1.165, 1.54) is 50.9 Å². The third-order valence-electron chi connectivity index (χ3n) is 5.93. The summed E-state index contributed by atoms with van der Waals surface area (Å²) in [5.74, 6) is -0.579. The molecule has 166 valence electrons. The topological polar surface area (TPSA) is 63.6 Å². The summed E-state index contributed by atoms with van der Waals surface area (Å²) in [6.45, 7) is 7.58. The van der Waals surface area contributed by atoms with Gasteiger partial charge < -0.3 is 9.84 Å². The Labute approximate surface area is 186 Å². The molecule has 0 unspecified atom stereocenters. The van der Waals surface area contributed by atoms with Crippen molar-refractivity contribution < 1.29 is 19.4 Å². The predicted octanol–water partition coefficient (Wildman–Crippen LogP) is 6.73. The summed E-state index contributed by atoms with van der Waals surface area (Å²) in [4.78, 5) is 24.3. The van der Waals surface area contributed by atoms with Gasteiger partial charge in [0.15, 0.2) is 5.78 Å². The lowest BCUT2D eigenvalue weighted by molar-refractivity contribution is 0.0694. The fourth-order valence-corrected chi connectivity index (χ4v) is 3.96. The van der Waals surface area contributed by atoms with Gasteiger partial charge in [0.05, 0.1) is 12.7 Å². The molecule has 1 N–H and O–H groups in total. The molecule has 0 heterocycles. The minimum Gasteiger partial charge on any atom is -0.496 e. The van der Waals surface area contributed by atoms with Gasteiger partial charge in [-0.1, -0.05) is 56.9 Å². The van der Waals surface area contributed by atoms with Crippen LogP contribution in [0.2, 0.25) is 0 Å². The minimum atomic E-state index is -0.978. The molecule has 4 heteroatoms. The Bertz CT molecular complexity index is 952. The third-order valence-corrected chi connectivity index (χ3v) is 5.93. The third kappa shape index (κ3) is 6.06. The summed E-state index contributed by atoms with van der Waals surface area (Å²) in [7, 11) is 1.52. The van der Waals surface area contributed by atoms with Crippen LogP contribution in [0.3, 0.4) is 0 Å². The zero-order valence-corrected chi connectivity index (χ0v) is 19.4. The number of rotatable bonds is 11. The number of carbonyl (C=O) groups excluding carboxylic acids is 1. The van der Waals surface area contributed by atoms with Crippen molar-refractivity contribution >= 4 is 17.8 Å². The van der Waals surface area contributed by atoms with Gasteiger partial charge in [0.25, 0.3) is 0 Å². The number of benzene rings is 2. The fourth-order valence-electron chi connectivity index (χ4n) is 3.96. The van der Waals surface area contributed by atoms with E-state index >= 15 is 0 Å². The van der Waals surface area contributed by atoms with Crippen LogP contribution in [-0.4, -0.2) is 24.0 Å². The second-order valence-corrected chi connectivity index (χ2v) is 8.06. The molecule has 31 heavy (non-hydrogen) atoms. The Balaban J connectivity index is 2.17. The molecule has 0 bridgehead atoms. The zero-order valence-electron chi connectivity index (χ0n) is 19.4. The first-order valence-electron chi connectivity index (χ1n) is 11.0. The molecule has 0 aliphatic carbocycles. The summed E-state index contributed by atoms with van der Waals surface area (Å²) < 4.78 is 5.49. The number of methoxy groups -OCH3 is 1. The average Bonchev–Trinajstić information content (AvgIpc) is 2.75. The van der Waals surface area contributed by atoms with Crippen molar-refractivity contribution in [2.75, 3.05) is 7.11 Å². The van der Waals surface area contributed by atoms with Crippen molar-refractivity contribution in [3.63, 3.8) is 0 Å². The van der Waals surface area contributed by atoms with Crippen LogP contribution in [0, 0.1) is 20.8 Å². The van der Waals surface area contributed by atoms with Crippen molar-refractivity contribution in [1.29, 1.82) is 0 Å². The fraction of sp³-hybridized carbons (Fsp3) is 0.407. The SMILES string of the molecule is CCCCCCCc1ccc(C(=O)C=Cc2c(C)c(C)c(C(=O)O)c(C)c2OC)cc1. The van der Waals surface area contributed by atoms with Crippen LogP contribution in [0.5, 0.6) is 5.75 Å². The first kappa shape index (κ1) is 24.4. The number of aromatic carboxylic acids is 1. The number of allylic oxidation sites excluding steroid dienone is 1. The largest absolute Gasteiger partial charge is 0.496 e. The maximum absolute atomic E-state index is 12.7. The number of ether oxygens (including phenoxy) is 1. The average molecular weight is 423 g/mol. The number of unbranched alkanes of at least 4 members (excludes halogenated alkanes) is 4. The molecule has 0 aliphatic heterocycles. The van der Waals surface area contributed by atoms with Crippen molar-refractivity contribution in [3.8, 4) is 5.75 Å². The quantitative estimate of drug-likeness (QED) is 0.248. The van der Waals surface area contributed by atoms with Gasteiger partial charge in [0, 0.05) is 16.7 Å². The first-order chi connectivity index (χ1) is 14.8. The molecule has 0 atom stereocenters. The smallest absolute Gasteiger partial charge is 0.336 e. The van der Waals surface area contributed by atoms with Crippen LogP contribution in [0.1, 0.15) is 87.6 Å². The number of carboxylic acid groups (broad SMARTS) is 1. The molecule has 0 radical (unpaired) electrons. The highest BCUT2D eigenvalue weighted by atomic mass is 16.5. The van der Waals surface area contributed by atoms with E-state index in [4.69, 9.17) is 4.74 Å². The lowest BCUT2D eigenvalue weighted by atomic mass is 9.91. The number of ketones is 1. The summed E-state index contributed by atoms with van der Waals surface area (Å²) >= 11 is 0. The molecule has 0 saturated carbocycles. The van der Waals surface area contributed by atoms with Crippen LogP contribution < -0.4 is 4.74 Å². The zero-order chi connectivity index (χ0) is 23.0. The van der Waals surface area contributed by atoms with Gasteiger partial charge in [-0.15, -0.1) is 0 Å². The highest BCUT2D eigenvalue weighted by Gasteiger charge is 2.21. The second kappa shape index (κ2) is 11.5. The van der Waals surface area contributed by atoms with Gasteiger partial charge in [-0.2, -0.15) is 0 Å². The maximum Gasteiger partial charge on any atom is 0.336 e. The van der Waals surface area contributed by atoms with E-state index in [0.29, 0.717) is 22.4 Å². The van der Waals surface area contributed by atoms with E-state index in [-0.39, 0.29) is 11.3 Å². The highest BCUT2D eigenvalue weighted by Crippen LogP contribution is 2.34. The van der Waals surface area contributed by atoms with E-state index in [1.54, 1.807) is 19.9 Å². The van der Waals surface area contributed by atoms with E-state index in [2.05, 4.69) is 6.92 Å². The van der Waals surface area contributed by atoms with Crippen LogP contribution in [0.4, 0.5) is 0 Å². The molecule has 0 saturated heterocycles. The highest BCUT2D eigenvalue weighted by molar-refractivity contribution is 6.07. The molecular weight excluding hydrogens is 388 g/mol. The van der Waals surface area contributed by atoms with Gasteiger partial charge >= 0.3 is 5.97 Å². The number of hydrogen-bond donors (Lipinski definition) is 1. The van der Waals surface area contributed by atoms with E-state index in [9.17, 15) is 14.7 Å². The number of carboxylic acids is 1. The minimum absolute atomic E-state index is 0.0893. The molecule has 0 aliphatic rings. The molecule has 0 fully saturated rings. The first-order valence-corrected chi connectivity index (χ1v) is 11.0. The molecule has 0 aromatic heterocycles. The lowest BCUT2D eigenvalue weighted by Gasteiger charge is -2.17. The van der Waals surface area contributed by atoms with Gasteiger partial charge in [0.1, 0.15) is 5.75 Å². The van der Waals surface area contributed by atoms with Crippen LogP contribution in [0.25, 0.3) is 6.08 Å². The number of carbonyl (C=O) groups is 2. The van der Waals surface area contributed by atoms with Gasteiger partial charge in [-0.3, -0.25) is 4.79 Å². The molecule has 2 aromatic rings. The maximum atomic E-state index is 12.7. The molecule has 0 spiro atoms. The summed E-state index contributed by atoms with van der Waals surface area (Å²) in [5.41, 5.74) is 4.92. The van der Waals surface area contributed by atoms with Gasteiger partial charge in [-0.05, 0) is 62.5 Å². The van der Waals surface area contributed by atoms with Crippen LogP contribution in [-0.2, 0) is 6.42 Å². The van der Waals surface area contributed by atoms with E-state index in [1.807, 2.05) is 31.2 Å². The summed E-state index contributed by atoms with van der Waals surface area (Å²) in [6.07, 6.45) is 10.6. The standard InChI is InChI=1S/C27H34O4/c1-6-7-8-9-10-11-21-12-14-22(15-13-21)24(28)17-16-23-18(2)19(3)25(27(29)30)20(4)26(23)31-5/h12-17H,6-11H2,1-5H3,(H,29,30). The molecule has 2 rings (SSSR count). The van der Waals surface area contributed by atoms with Crippen LogP contribution in [0.15, 0.2) is 30.3 Å². The Morgan fingerprint density at radius 1 is 0.935 bits per heavy atom. The van der Waals surface area contributed by atoms with E-state index < -0.39 is 5.97 Å². The normalized spacial score (nSPS) is 11.1. The summed E-state index contributed by atoms with van der Waals surface area (Å²) in [6, 6.07) is 7.82.